The minimum Gasteiger partial charge on any atom is -0.207 e. The summed E-state index contributed by atoms with van der Waals surface area (Å²) in [6.45, 7) is 7.88. The number of nitrogens with zero attached hydrogens (tertiary/aromatic N) is 1. The van der Waals surface area contributed by atoms with Gasteiger partial charge in [-0.15, -0.1) is 0 Å². The Morgan fingerprint density at radius 1 is 1.05 bits per heavy atom. The summed E-state index contributed by atoms with van der Waals surface area (Å²) in [6.07, 6.45) is 1.58. The maximum absolute atomic E-state index is 12.7. The molecule has 2 unspecified atom stereocenters. The van der Waals surface area contributed by atoms with Gasteiger partial charge < -0.3 is 0 Å². The Hall–Kier alpha value is -0.580. The fourth-order valence-corrected chi connectivity index (χ4v) is 4.09. The lowest BCUT2D eigenvalue weighted by molar-refractivity contribution is 0.262. The molecule has 0 aliphatic carbocycles. The highest BCUT2D eigenvalue weighted by molar-refractivity contribution is 7.89. The van der Waals surface area contributed by atoms with E-state index in [1.807, 2.05) is 27.7 Å². The zero-order valence-electron chi connectivity index (χ0n) is 11.9. The molecule has 1 aromatic rings. The number of halogens is 1. The van der Waals surface area contributed by atoms with Crippen molar-refractivity contribution in [1.82, 2.24) is 4.31 Å². The molecule has 0 fully saturated rings. The third kappa shape index (κ3) is 3.71. The molecule has 0 saturated heterocycles. The van der Waals surface area contributed by atoms with Crippen LogP contribution in [-0.4, -0.2) is 24.8 Å². The average molecular weight is 304 g/mol. The van der Waals surface area contributed by atoms with Crippen LogP contribution < -0.4 is 0 Å². The Morgan fingerprint density at radius 2 is 1.47 bits per heavy atom. The highest BCUT2D eigenvalue weighted by atomic mass is 35.5. The van der Waals surface area contributed by atoms with Crippen LogP contribution in [0, 0.1) is 0 Å². The summed E-state index contributed by atoms with van der Waals surface area (Å²) < 4.78 is 27.1. The van der Waals surface area contributed by atoms with Gasteiger partial charge in [-0.2, -0.15) is 4.31 Å². The number of sulfonamides is 1. The Balaban J connectivity index is 3.23. The molecular weight excluding hydrogens is 282 g/mol. The summed E-state index contributed by atoms with van der Waals surface area (Å²) in [5.41, 5.74) is 0. The number of rotatable bonds is 6. The molecule has 2 atom stereocenters. The molecule has 19 heavy (non-hydrogen) atoms. The zero-order chi connectivity index (χ0) is 14.6. The molecule has 3 nitrogen and oxygen atoms in total. The molecule has 0 aliphatic rings. The fraction of sp³-hybridized carbons (Fsp3) is 0.571. The zero-order valence-corrected chi connectivity index (χ0v) is 13.5. The van der Waals surface area contributed by atoms with Gasteiger partial charge in [0.05, 0.1) is 4.90 Å². The monoisotopic (exact) mass is 303 g/mol. The van der Waals surface area contributed by atoms with Crippen molar-refractivity contribution in [1.29, 1.82) is 0 Å². The van der Waals surface area contributed by atoms with E-state index in [0.717, 1.165) is 12.8 Å². The van der Waals surface area contributed by atoms with E-state index in [-0.39, 0.29) is 12.1 Å². The normalized spacial score (nSPS) is 15.5. The third-order valence-electron chi connectivity index (χ3n) is 3.44. The van der Waals surface area contributed by atoms with Gasteiger partial charge in [0, 0.05) is 17.1 Å². The van der Waals surface area contributed by atoms with Crippen LogP contribution in [0.4, 0.5) is 0 Å². The van der Waals surface area contributed by atoms with Gasteiger partial charge in [-0.25, -0.2) is 8.42 Å². The molecular formula is C14H22ClNO2S. The van der Waals surface area contributed by atoms with Crippen LogP contribution in [-0.2, 0) is 10.0 Å². The molecule has 0 aliphatic heterocycles. The minimum absolute atomic E-state index is 0.0179. The summed E-state index contributed by atoms with van der Waals surface area (Å²) >= 11 is 5.81. The molecule has 0 amide bonds. The quantitative estimate of drug-likeness (QED) is 0.798. The molecule has 1 aromatic carbocycles. The molecule has 0 radical (unpaired) electrons. The topological polar surface area (TPSA) is 37.4 Å². The van der Waals surface area contributed by atoms with Crippen molar-refractivity contribution < 1.29 is 8.42 Å². The van der Waals surface area contributed by atoms with Gasteiger partial charge in [-0.05, 0) is 51.0 Å². The molecule has 5 heteroatoms. The van der Waals surface area contributed by atoms with Gasteiger partial charge in [0.2, 0.25) is 10.0 Å². The SMILES string of the molecule is CCC(C)N(C(C)CC)S(=O)(=O)c1ccc(Cl)cc1. The second-order valence-electron chi connectivity index (χ2n) is 4.80. The molecule has 0 aromatic heterocycles. The van der Waals surface area contributed by atoms with E-state index in [1.165, 1.54) is 0 Å². The summed E-state index contributed by atoms with van der Waals surface area (Å²) in [6, 6.07) is 6.32. The average Bonchev–Trinajstić information content (AvgIpc) is 2.38. The predicted molar refractivity (Wildman–Crippen MR) is 80.0 cm³/mol. The maximum Gasteiger partial charge on any atom is 0.243 e. The van der Waals surface area contributed by atoms with E-state index >= 15 is 0 Å². The molecule has 1 rings (SSSR count). The van der Waals surface area contributed by atoms with Crippen molar-refractivity contribution in [2.24, 2.45) is 0 Å². The van der Waals surface area contributed by atoms with Crippen molar-refractivity contribution in [2.45, 2.75) is 57.5 Å². The summed E-state index contributed by atoms with van der Waals surface area (Å²) in [7, 11) is -3.47. The van der Waals surface area contributed by atoms with E-state index in [1.54, 1.807) is 28.6 Å². The highest BCUT2D eigenvalue weighted by Crippen LogP contribution is 2.24. The van der Waals surface area contributed by atoms with Gasteiger partial charge >= 0.3 is 0 Å². The van der Waals surface area contributed by atoms with Crippen LogP contribution in [0.15, 0.2) is 29.2 Å². The molecule has 0 bridgehead atoms. The molecule has 0 saturated carbocycles. The fourth-order valence-electron chi connectivity index (χ4n) is 2.00. The van der Waals surface area contributed by atoms with Crippen LogP contribution in [0.5, 0.6) is 0 Å². The van der Waals surface area contributed by atoms with E-state index in [4.69, 9.17) is 11.6 Å². The number of hydrogen-bond acceptors (Lipinski definition) is 2. The van der Waals surface area contributed by atoms with Crippen LogP contribution in [0.2, 0.25) is 5.02 Å². The molecule has 0 spiro atoms. The van der Waals surface area contributed by atoms with Gasteiger partial charge in [0.1, 0.15) is 0 Å². The van der Waals surface area contributed by atoms with E-state index in [2.05, 4.69) is 0 Å². The van der Waals surface area contributed by atoms with Crippen molar-refractivity contribution in [3.8, 4) is 0 Å². The number of hydrogen-bond donors (Lipinski definition) is 0. The first-order chi connectivity index (χ1) is 8.84. The Bertz CT molecular complexity index is 489. The van der Waals surface area contributed by atoms with E-state index < -0.39 is 10.0 Å². The van der Waals surface area contributed by atoms with Crippen LogP contribution in [0.1, 0.15) is 40.5 Å². The van der Waals surface area contributed by atoms with Crippen LogP contribution >= 0.6 is 11.6 Å². The Morgan fingerprint density at radius 3 is 1.84 bits per heavy atom. The lowest BCUT2D eigenvalue weighted by Gasteiger charge is -2.32. The van der Waals surface area contributed by atoms with Crippen LogP contribution in [0.3, 0.4) is 0 Å². The van der Waals surface area contributed by atoms with Crippen LogP contribution in [0.25, 0.3) is 0 Å². The van der Waals surface area contributed by atoms with E-state index in [9.17, 15) is 8.42 Å². The van der Waals surface area contributed by atoms with Gasteiger partial charge in [-0.3, -0.25) is 0 Å². The van der Waals surface area contributed by atoms with Gasteiger partial charge in [0.25, 0.3) is 0 Å². The summed E-state index contributed by atoms with van der Waals surface area (Å²) in [4.78, 5) is 0.303. The Kier molecular flexibility index (Phi) is 5.83. The summed E-state index contributed by atoms with van der Waals surface area (Å²) in [5, 5.41) is 0.539. The van der Waals surface area contributed by atoms with Crippen molar-refractivity contribution in [2.75, 3.05) is 0 Å². The lowest BCUT2D eigenvalue weighted by atomic mass is 10.2. The van der Waals surface area contributed by atoms with Crippen molar-refractivity contribution in [3.05, 3.63) is 29.3 Å². The minimum atomic E-state index is -3.47. The molecule has 0 N–H and O–H groups in total. The van der Waals surface area contributed by atoms with Crippen molar-refractivity contribution >= 4 is 21.6 Å². The second-order valence-corrected chi connectivity index (χ2v) is 7.08. The smallest absolute Gasteiger partial charge is 0.207 e. The molecule has 108 valence electrons. The standard InChI is InChI=1S/C14H22ClNO2S/c1-5-11(3)16(12(4)6-2)19(17,18)14-9-7-13(15)8-10-14/h7-12H,5-6H2,1-4H3. The van der Waals surface area contributed by atoms with Gasteiger partial charge in [-0.1, -0.05) is 25.4 Å². The lowest BCUT2D eigenvalue weighted by Crippen LogP contribution is -2.44. The van der Waals surface area contributed by atoms with E-state index in [0.29, 0.717) is 9.92 Å². The predicted octanol–water partition coefficient (Wildman–Crippen LogP) is 3.93. The third-order valence-corrected chi connectivity index (χ3v) is 5.83. The first-order valence-corrected chi connectivity index (χ1v) is 8.45. The Labute approximate surface area is 121 Å². The maximum atomic E-state index is 12.7. The van der Waals surface area contributed by atoms with Crippen molar-refractivity contribution in [3.63, 3.8) is 0 Å². The van der Waals surface area contributed by atoms with Gasteiger partial charge in [0.15, 0.2) is 0 Å². The first-order valence-electron chi connectivity index (χ1n) is 6.63. The largest absolute Gasteiger partial charge is 0.243 e. The second kappa shape index (κ2) is 6.73. The first kappa shape index (κ1) is 16.5. The number of benzene rings is 1. The molecule has 0 heterocycles. The highest BCUT2D eigenvalue weighted by Gasteiger charge is 2.31. The summed E-state index contributed by atoms with van der Waals surface area (Å²) in [5.74, 6) is 0.